The summed E-state index contributed by atoms with van der Waals surface area (Å²) in [5.41, 5.74) is -0.129. The van der Waals surface area contributed by atoms with Crippen molar-refractivity contribution in [1.82, 2.24) is 10.2 Å². The van der Waals surface area contributed by atoms with E-state index in [0.717, 1.165) is 6.07 Å². The molecule has 3 aromatic rings. The van der Waals surface area contributed by atoms with Gasteiger partial charge in [-0.2, -0.15) is 13.2 Å². The molecule has 0 spiro atoms. The monoisotopic (exact) mass is 425 g/mol. The summed E-state index contributed by atoms with van der Waals surface area (Å²) < 4.78 is 46.3. The standard InChI is InChI=1S/C22H18F3N5O/c1-12(2)19(21-30-29-20(31-21)14-6-8-15(26-4)9-7-14)28-16-10-11-17(27-5)18(13(16)3)22(23,24)25/h6-12,19,28H,1-3H3/t19-/m1/s1. The maximum absolute atomic E-state index is 13.5. The molecule has 0 amide bonds. The van der Waals surface area contributed by atoms with Gasteiger partial charge in [-0.25, -0.2) is 9.69 Å². The number of benzene rings is 2. The van der Waals surface area contributed by atoms with E-state index in [4.69, 9.17) is 17.6 Å². The Morgan fingerprint density at radius 2 is 1.68 bits per heavy atom. The zero-order chi connectivity index (χ0) is 22.8. The van der Waals surface area contributed by atoms with Crippen LogP contribution in [0.2, 0.25) is 0 Å². The van der Waals surface area contributed by atoms with E-state index in [2.05, 4.69) is 25.2 Å². The molecule has 31 heavy (non-hydrogen) atoms. The molecule has 1 atom stereocenters. The number of alkyl halides is 3. The first-order valence-electron chi connectivity index (χ1n) is 9.31. The van der Waals surface area contributed by atoms with Crippen LogP contribution in [0.4, 0.5) is 30.2 Å². The van der Waals surface area contributed by atoms with Crippen LogP contribution in [0.15, 0.2) is 40.8 Å². The van der Waals surface area contributed by atoms with Gasteiger partial charge in [-0.05, 0) is 24.5 Å². The summed E-state index contributed by atoms with van der Waals surface area (Å²) in [5, 5.41) is 11.2. The van der Waals surface area contributed by atoms with Gasteiger partial charge in [0, 0.05) is 11.3 Å². The Kier molecular flexibility index (Phi) is 5.98. The third-order valence-corrected chi connectivity index (χ3v) is 4.77. The van der Waals surface area contributed by atoms with Crippen molar-refractivity contribution in [3.8, 4) is 11.5 Å². The van der Waals surface area contributed by atoms with Crippen LogP contribution in [0.25, 0.3) is 21.1 Å². The van der Waals surface area contributed by atoms with Gasteiger partial charge in [0.1, 0.15) is 6.04 Å². The molecule has 0 bridgehead atoms. The highest BCUT2D eigenvalue weighted by molar-refractivity contribution is 5.67. The number of hydrogen-bond acceptors (Lipinski definition) is 4. The fourth-order valence-corrected chi connectivity index (χ4v) is 3.14. The Balaban J connectivity index is 1.95. The lowest BCUT2D eigenvalue weighted by molar-refractivity contribution is -0.137. The summed E-state index contributed by atoms with van der Waals surface area (Å²) in [7, 11) is 0. The molecule has 0 saturated heterocycles. The highest BCUT2D eigenvalue weighted by atomic mass is 19.4. The average molecular weight is 425 g/mol. The van der Waals surface area contributed by atoms with E-state index in [-0.39, 0.29) is 29.0 Å². The normalized spacial score (nSPS) is 12.3. The molecule has 0 fully saturated rings. The number of nitrogens with one attached hydrogen (secondary N) is 1. The Morgan fingerprint density at radius 3 is 2.23 bits per heavy atom. The first-order valence-corrected chi connectivity index (χ1v) is 9.31. The summed E-state index contributed by atoms with van der Waals surface area (Å²) in [6.07, 6.45) is -4.65. The molecule has 9 heteroatoms. The van der Waals surface area contributed by atoms with E-state index >= 15 is 0 Å². The van der Waals surface area contributed by atoms with Crippen molar-refractivity contribution in [3.05, 3.63) is 76.3 Å². The predicted molar refractivity (Wildman–Crippen MR) is 110 cm³/mol. The summed E-state index contributed by atoms with van der Waals surface area (Å²) in [6.45, 7) is 19.1. The number of hydrogen-bond donors (Lipinski definition) is 1. The van der Waals surface area contributed by atoms with Gasteiger partial charge in [0.15, 0.2) is 11.4 Å². The van der Waals surface area contributed by atoms with Gasteiger partial charge in [0.05, 0.1) is 18.7 Å². The smallest absolute Gasteiger partial charge is 0.407 e. The van der Waals surface area contributed by atoms with Crippen LogP contribution in [0.3, 0.4) is 0 Å². The summed E-state index contributed by atoms with van der Waals surface area (Å²) in [6, 6.07) is 8.68. The van der Waals surface area contributed by atoms with Crippen molar-refractivity contribution in [3.63, 3.8) is 0 Å². The summed E-state index contributed by atoms with van der Waals surface area (Å²) >= 11 is 0. The molecule has 2 aromatic carbocycles. The van der Waals surface area contributed by atoms with Gasteiger partial charge in [-0.15, -0.1) is 10.2 Å². The zero-order valence-electron chi connectivity index (χ0n) is 16.9. The van der Waals surface area contributed by atoms with Crippen molar-refractivity contribution in [2.75, 3.05) is 5.32 Å². The summed E-state index contributed by atoms with van der Waals surface area (Å²) in [5.74, 6) is 0.378. The molecule has 0 aliphatic rings. The maximum Gasteiger partial charge on any atom is 0.407 e. The molecule has 3 rings (SSSR count). The average Bonchev–Trinajstić information content (AvgIpc) is 3.21. The second-order valence-corrected chi connectivity index (χ2v) is 7.21. The Labute approximate surface area is 177 Å². The second-order valence-electron chi connectivity index (χ2n) is 7.21. The third-order valence-electron chi connectivity index (χ3n) is 4.77. The molecule has 0 aliphatic carbocycles. The van der Waals surface area contributed by atoms with Crippen molar-refractivity contribution in [2.24, 2.45) is 5.92 Å². The largest absolute Gasteiger partial charge is 0.418 e. The van der Waals surface area contributed by atoms with Crippen LogP contribution >= 0.6 is 0 Å². The highest BCUT2D eigenvalue weighted by Crippen LogP contribution is 2.42. The van der Waals surface area contributed by atoms with Crippen LogP contribution in [0.1, 0.15) is 36.9 Å². The van der Waals surface area contributed by atoms with Crippen molar-refractivity contribution < 1.29 is 17.6 Å². The first kappa shape index (κ1) is 21.8. The van der Waals surface area contributed by atoms with E-state index in [1.807, 2.05) is 13.8 Å². The minimum atomic E-state index is -4.65. The van der Waals surface area contributed by atoms with Gasteiger partial charge >= 0.3 is 6.18 Å². The van der Waals surface area contributed by atoms with E-state index < -0.39 is 23.5 Å². The molecule has 1 N–H and O–H groups in total. The van der Waals surface area contributed by atoms with Gasteiger partial charge in [-0.1, -0.05) is 44.2 Å². The van der Waals surface area contributed by atoms with Crippen molar-refractivity contribution in [1.29, 1.82) is 0 Å². The quantitative estimate of drug-likeness (QED) is 0.448. The number of halogens is 3. The molecule has 0 radical (unpaired) electrons. The fraction of sp³-hybridized carbons (Fsp3) is 0.273. The van der Waals surface area contributed by atoms with Crippen LogP contribution in [0.5, 0.6) is 0 Å². The van der Waals surface area contributed by atoms with E-state index in [9.17, 15) is 13.2 Å². The van der Waals surface area contributed by atoms with Gasteiger partial charge in [0.2, 0.25) is 11.8 Å². The number of rotatable bonds is 5. The summed E-state index contributed by atoms with van der Waals surface area (Å²) in [4.78, 5) is 6.33. The topological polar surface area (TPSA) is 59.7 Å². The molecule has 158 valence electrons. The van der Waals surface area contributed by atoms with Crippen LogP contribution in [0, 0.1) is 26.0 Å². The molecule has 0 aliphatic heterocycles. The SMILES string of the molecule is [C-]#[N+]c1ccc(-c2nnc([C@H](Nc3ccc([N+]#[C-])c(C(F)(F)F)c3C)C(C)C)o2)cc1. The molecular weight excluding hydrogens is 407 g/mol. The van der Waals surface area contributed by atoms with E-state index in [0.29, 0.717) is 11.3 Å². The molecule has 1 heterocycles. The lowest BCUT2D eigenvalue weighted by atomic mass is 10.0. The molecule has 0 saturated carbocycles. The fourth-order valence-electron chi connectivity index (χ4n) is 3.14. The van der Waals surface area contributed by atoms with Crippen LogP contribution < -0.4 is 5.32 Å². The number of anilines is 1. The van der Waals surface area contributed by atoms with Crippen molar-refractivity contribution >= 4 is 17.1 Å². The predicted octanol–water partition coefficient (Wildman–Crippen LogP) is 6.97. The van der Waals surface area contributed by atoms with Crippen molar-refractivity contribution in [2.45, 2.75) is 33.0 Å². The minimum Gasteiger partial charge on any atom is -0.418 e. The first-order chi connectivity index (χ1) is 14.7. The zero-order valence-corrected chi connectivity index (χ0v) is 16.9. The third kappa shape index (κ3) is 4.51. The van der Waals surface area contributed by atoms with Gasteiger partial charge in [-0.3, -0.25) is 0 Å². The highest BCUT2D eigenvalue weighted by Gasteiger charge is 2.36. The molecular formula is C22H18F3N5O. The number of aromatic nitrogens is 2. The van der Waals surface area contributed by atoms with E-state index in [1.165, 1.54) is 13.0 Å². The molecule has 1 aromatic heterocycles. The second kappa shape index (κ2) is 8.49. The Bertz CT molecular complexity index is 1170. The lowest BCUT2D eigenvalue weighted by Gasteiger charge is -2.23. The van der Waals surface area contributed by atoms with Gasteiger partial charge < -0.3 is 9.73 Å². The molecule has 6 nitrogen and oxygen atoms in total. The van der Waals surface area contributed by atoms with Crippen LogP contribution in [-0.2, 0) is 6.18 Å². The lowest BCUT2D eigenvalue weighted by Crippen LogP contribution is -2.19. The Morgan fingerprint density at radius 1 is 1.00 bits per heavy atom. The van der Waals surface area contributed by atoms with Gasteiger partial charge in [0.25, 0.3) is 0 Å². The van der Waals surface area contributed by atoms with Crippen LogP contribution in [-0.4, -0.2) is 10.2 Å². The molecule has 0 unspecified atom stereocenters. The Hall–Kier alpha value is -3.85. The minimum absolute atomic E-state index is 0.0684. The number of nitrogens with zero attached hydrogens (tertiary/aromatic N) is 4. The maximum atomic E-state index is 13.5. The van der Waals surface area contributed by atoms with E-state index in [1.54, 1.807) is 24.3 Å².